The van der Waals surface area contributed by atoms with Gasteiger partial charge in [-0.25, -0.2) is 0 Å². The van der Waals surface area contributed by atoms with Gasteiger partial charge in [0.2, 0.25) is 0 Å². The lowest BCUT2D eigenvalue weighted by atomic mass is 10.0. The smallest absolute Gasteiger partial charge is 0.0598 e. The Balaban J connectivity index is 1.94. The molecule has 0 atom stereocenters. The van der Waals surface area contributed by atoms with Gasteiger partial charge in [0.05, 0.1) is 17.1 Å². The summed E-state index contributed by atoms with van der Waals surface area (Å²) in [7, 11) is 0. The fourth-order valence-corrected chi connectivity index (χ4v) is 2.66. The van der Waals surface area contributed by atoms with E-state index in [0.29, 0.717) is 0 Å². The average molecular weight is 211 g/mol. The van der Waals surface area contributed by atoms with Crippen molar-refractivity contribution in [3.8, 4) is 0 Å². The second-order valence-corrected chi connectivity index (χ2v) is 4.43. The first kappa shape index (κ1) is 8.28. The third-order valence-electron chi connectivity index (χ3n) is 3.45. The Morgan fingerprint density at radius 2 is 1.88 bits per heavy atom. The molecule has 3 nitrogen and oxygen atoms in total. The Labute approximate surface area is 94.4 Å². The second-order valence-electron chi connectivity index (χ2n) is 4.43. The van der Waals surface area contributed by atoms with E-state index in [9.17, 15) is 0 Å². The van der Waals surface area contributed by atoms with Crippen molar-refractivity contribution in [2.24, 2.45) is 0 Å². The Hall–Kier alpha value is -1.90. The molecule has 3 aliphatic heterocycles. The fourth-order valence-electron chi connectivity index (χ4n) is 2.66. The van der Waals surface area contributed by atoms with Gasteiger partial charge in [0.1, 0.15) is 0 Å². The number of anilines is 3. The van der Waals surface area contributed by atoms with Crippen molar-refractivity contribution in [1.82, 2.24) is 0 Å². The van der Waals surface area contributed by atoms with E-state index >= 15 is 0 Å². The molecule has 0 radical (unpaired) electrons. The Morgan fingerprint density at radius 1 is 1.06 bits per heavy atom. The molecule has 1 aromatic rings. The zero-order valence-electron chi connectivity index (χ0n) is 8.96. The van der Waals surface area contributed by atoms with Crippen molar-refractivity contribution in [3.63, 3.8) is 0 Å². The van der Waals surface area contributed by atoms with Crippen molar-refractivity contribution in [3.05, 3.63) is 36.0 Å². The molecular weight excluding hydrogens is 198 g/mol. The van der Waals surface area contributed by atoms with E-state index in [4.69, 9.17) is 0 Å². The van der Waals surface area contributed by atoms with E-state index in [1.165, 1.54) is 28.2 Å². The lowest BCUT2D eigenvalue weighted by molar-refractivity contribution is 1.04. The lowest BCUT2D eigenvalue weighted by Crippen LogP contribution is -2.20. The molecule has 0 saturated carbocycles. The highest BCUT2D eigenvalue weighted by molar-refractivity contribution is 5.94. The monoisotopic (exact) mass is 211 g/mol. The van der Waals surface area contributed by atoms with Gasteiger partial charge in [-0.2, -0.15) is 0 Å². The summed E-state index contributed by atoms with van der Waals surface area (Å²) >= 11 is 0. The van der Waals surface area contributed by atoms with Crippen LogP contribution in [0.2, 0.25) is 0 Å². The minimum Gasteiger partial charge on any atom is -0.382 e. The molecule has 0 unspecified atom stereocenters. The van der Waals surface area contributed by atoms with Crippen LogP contribution >= 0.6 is 0 Å². The number of fused-ring (bicyclic) bond motifs is 6. The maximum Gasteiger partial charge on any atom is 0.0598 e. The standard InChI is InChI=1S/C13H13N3/c1-2-9-8-16(5-1)13-7-12-11(6-10(9)13)14-3-4-15-12/h1-2,5-7,14-15H,3-4,8H2. The Morgan fingerprint density at radius 3 is 2.75 bits per heavy atom. The van der Waals surface area contributed by atoms with Crippen LogP contribution in [0.3, 0.4) is 0 Å². The van der Waals surface area contributed by atoms with Crippen LogP contribution in [0, 0.1) is 0 Å². The first-order valence-electron chi connectivity index (χ1n) is 5.72. The molecule has 0 aliphatic carbocycles. The highest BCUT2D eigenvalue weighted by atomic mass is 15.1. The number of hydrogen-bond donors (Lipinski definition) is 2. The van der Waals surface area contributed by atoms with E-state index < -0.39 is 0 Å². The molecule has 3 heterocycles. The van der Waals surface area contributed by atoms with E-state index in [1.807, 2.05) is 0 Å². The van der Waals surface area contributed by atoms with Gasteiger partial charge in [-0.15, -0.1) is 0 Å². The molecular formula is C13H13N3. The third-order valence-corrected chi connectivity index (χ3v) is 3.45. The Bertz CT molecular complexity index is 528. The van der Waals surface area contributed by atoms with Gasteiger partial charge in [-0.05, 0) is 23.8 Å². The maximum absolute atomic E-state index is 3.44. The molecule has 0 fully saturated rings. The van der Waals surface area contributed by atoms with E-state index in [2.05, 4.69) is 46.0 Å². The number of nitrogens with zero attached hydrogens (tertiary/aromatic N) is 1. The summed E-state index contributed by atoms with van der Waals surface area (Å²) in [5.41, 5.74) is 6.59. The van der Waals surface area contributed by atoms with E-state index in [0.717, 1.165) is 19.6 Å². The van der Waals surface area contributed by atoms with Crippen LogP contribution in [0.5, 0.6) is 0 Å². The predicted molar refractivity (Wildman–Crippen MR) is 67.9 cm³/mol. The highest BCUT2D eigenvalue weighted by Gasteiger charge is 2.26. The summed E-state index contributed by atoms with van der Waals surface area (Å²) in [6.45, 7) is 3.03. The van der Waals surface area contributed by atoms with Gasteiger partial charge in [0.25, 0.3) is 0 Å². The second kappa shape index (κ2) is 2.82. The van der Waals surface area contributed by atoms with Gasteiger partial charge in [0.15, 0.2) is 0 Å². The molecule has 16 heavy (non-hydrogen) atoms. The van der Waals surface area contributed by atoms with Crippen LogP contribution in [0.25, 0.3) is 5.57 Å². The van der Waals surface area contributed by atoms with Crippen LogP contribution in [0.15, 0.2) is 30.5 Å². The first-order chi connectivity index (χ1) is 7.92. The van der Waals surface area contributed by atoms with Gasteiger partial charge in [0, 0.05) is 31.4 Å². The van der Waals surface area contributed by atoms with Gasteiger partial charge in [-0.3, -0.25) is 0 Å². The molecule has 3 heteroatoms. The zero-order chi connectivity index (χ0) is 10.5. The minimum atomic E-state index is 1.00. The summed E-state index contributed by atoms with van der Waals surface area (Å²) in [4.78, 5) is 2.31. The maximum atomic E-state index is 3.44. The zero-order valence-corrected chi connectivity index (χ0v) is 8.96. The van der Waals surface area contributed by atoms with Gasteiger partial charge in [-0.1, -0.05) is 6.08 Å². The molecule has 1 aromatic carbocycles. The van der Waals surface area contributed by atoms with Crippen LogP contribution in [0.1, 0.15) is 5.56 Å². The summed E-state index contributed by atoms with van der Waals surface area (Å²) in [5, 5.41) is 6.88. The number of benzene rings is 1. The van der Waals surface area contributed by atoms with Crippen molar-refractivity contribution >= 4 is 22.6 Å². The van der Waals surface area contributed by atoms with Gasteiger partial charge < -0.3 is 15.5 Å². The molecule has 2 N–H and O–H groups in total. The first-order valence-corrected chi connectivity index (χ1v) is 5.72. The van der Waals surface area contributed by atoms with Crippen LogP contribution < -0.4 is 15.5 Å². The topological polar surface area (TPSA) is 27.3 Å². The molecule has 0 aromatic heterocycles. The largest absolute Gasteiger partial charge is 0.382 e. The van der Waals surface area contributed by atoms with E-state index in [-0.39, 0.29) is 0 Å². The highest BCUT2D eigenvalue weighted by Crippen LogP contribution is 2.43. The summed E-state index contributed by atoms with van der Waals surface area (Å²) in [6.07, 6.45) is 6.49. The number of hydrogen-bond acceptors (Lipinski definition) is 3. The van der Waals surface area contributed by atoms with Crippen molar-refractivity contribution in [2.75, 3.05) is 35.2 Å². The van der Waals surface area contributed by atoms with Crippen LogP contribution in [-0.2, 0) is 0 Å². The number of allylic oxidation sites excluding steroid dienone is 2. The molecule has 4 rings (SSSR count). The summed E-state index contributed by atoms with van der Waals surface area (Å²) < 4.78 is 0. The third kappa shape index (κ3) is 0.975. The number of nitrogens with one attached hydrogen (secondary N) is 2. The van der Waals surface area contributed by atoms with E-state index in [1.54, 1.807) is 0 Å². The average Bonchev–Trinajstić information content (AvgIpc) is 2.59. The van der Waals surface area contributed by atoms with Gasteiger partial charge >= 0.3 is 0 Å². The van der Waals surface area contributed by atoms with Crippen molar-refractivity contribution < 1.29 is 0 Å². The molecule has 2 bridgehead atoms. The predicted octanol–water partition coefficient (Wildman–Crippen LogP) is 2.25. The molecule has 0 spiro atoms. The fraction of sp³-hybridized carbons (Fsp3) is 0.231. The summed E-state index contributed by atoms with van der Waals surface area (Å²) in [5.74, 6) is 0. The molecule has 0 saturated heterocycles. The molecule has 3 aliphatic rings. The lowest BCUT2D eigenvalue weighted by Gasteiger charge is -2.22. The quantitative estimate of drug-likeness (QED) is 0.689. The van der Waals surface area contributed by atoms with Crippen LogP contribution in [-0.4, -0.2) is 19.6 Å². The van der Waals surface area contributed by atoms with Crippen molar-refractivity contribution in [2.45, 2.75) is 0 Å². The minimum absolute atomic E-state index is 1.00. The SMILES string of the molecule is C1=CN2CC(=C1)c1cc3c(cc12)NCCN3. The normalized spacial score (nSPS) is 19.5. The van der Waals surface area contributed by atoms with Crippen molar-refractivity contribution in [1.29, 1.82) is 0 Å². The Kier molecular flexibility index (Phi) is 1.46. The van der Waals surface area contributed by atoms with Crippen LogP contribution in [0.4, 0.5) is 17.1 Å². The molecule has 0 amide bonds. The molecule has 80 valence electrons. The number of rotatable bonds is 0. The summed E-state index contributed by atoms with van der Waals surface area (Å²) in [6, 6.07) is 4.53.